The average molecular weight is 397 g/mol. The monoisotopic (exact) mass is 397 g/mol. The lowest BCUT2D eigenvalue weighted by Gasteiger charge is -2.12. The standard InChI is InChI=1S/C23H27NO5/c1-6-28-20-13-18(7-9-19(20)27-5)8-10-22(26)29-14-21(25)24-23-16(3)11-15(2)12-17(23)4/h7-13H,6,14H2,1-5H3,(H,24,25)/b10-8+. The zero-order valence-electron chi connectivity index (χ0n) is 17.5. The van der Waals surface area contributed by atoms with Gasteiger partial charge in [0.2, 0.25) is 0 Å². The van der Waals surface area contributed by atoms with E-state index in [1.54, 1.807) is 31.4 Å². The lowest BCUT2D eigenvalue weighted by atomic mass is 10.1. The van der Waals surface area contributed by atoms with Crippen LogP contribution < -0.4 is 14.8 Å². The number of carbonyl (C=O) groups excluding carboxylic acids is 2. The number of amides is 1. The molecule has 6 nitrogen and oxygen atoms in total. The van der Waals surface area contributed by atoms with Crippen molar-refractivity contribution in [1.82, 2.24) is 0 Å². The van der Waals surface area contributed by atoms with E-state index in [1.165, 1.54) is 6.08 Å². The van der Waals surface area contributed by atoms with Crippen LogP contribution in [0.4, 0.5) is 5.69 Å². The molecule has 154 valence electrons. The van der Waals surface area contributed by atoms with Crippen LogP contribution in [0.1, 0.15) is 29.2 Å². The Bertz CT molecular complexity index is 894. The molecule has 0 saturated heterocycles. The van der Waals surface area contributed by atoms with Crippen LogP contribution in [0.15, 0.2) is 36.4 Å². The first kappa shape index (κ1) is 22.0. The molecule has 0 saturated carbocycles. The second kappa shape index (κ2) is 10.3. The van der Waals surface area contributed by atoms with E-state index in [9.17, 15) is 9.59 Å². The molecule has 0 fully saturated rings. The van der Waals surface area contributed by atoms with Crippen molar-refractivity contribution in [3.8, 4) is 11.5 Å². The summed E-state index contributed by atoms with van der Waals surface area (Å²) in [5, 5.41) is 2.80. The largest absolute Gasteiger partial charge is 0.493 e. The fraction of sp³-hybridized carbons (Fsp3) is 0.304. The summed E-state index contributed by atoms with van der Waals surface area (Å²) in [6, 6.07) is 9.30. The molecule has 6 heteroatoms. The first-order valence-corrected chi connectivity index (χ1v) is 9.37. The number of anilines is 1. The van der Waals surface area contributed by atoms with Gasteiger partial charge in [-0.15, -0.1) is 0 Å². The van der Waals surface area contributed by atoms with Gasteiger partial charge in [0.1, 0.15) is 0 Å². The molecule has 0 radical (unpaired) electrons. The summed E-state index contributed by atoms with van der Waals surface area (Å²) >= 11 is 0. The minimum atomic E-state index is -0.605. The highest BCUT2D eigenvalue weighted by molar-refractivity contribution is 5.95. The van der Waals surface area contributed by atoms with Crippen LogP contribution in [0.2, 0.25) is 0 Å². The molecule has 0 aliphatic carbocycles. The lowest BCUT2D eigenvalue weighted by Crippen LogP contribution is -2.21. The van der Waals surface area contributed by atoms with E-state index in [0.29, 0.717) is 18.1 Å². The topological polar surface area (TPSA) is 73.9 Å². The maximum Gasteiger partial charge on any atom is 0.331 e. The maximum atomic E-state index is 12.1. The summed E-state index contributed by atoms with van der Waals surface area (Å²) < 4.78 is 15.8. The molecule has 0 bridgehead atoms. The second-order valence-corrected chi connectivity index (χ2v) is 6.61. The highest BCUT2D eigenvalue weighted by atomic mass is 16.5. The van der Waals surface area contributed by atoms with Gasteiger partial charge in [0, 0.05) is 11.8 Å². The number of hydrogen-bond donors (Lipinski definition) is 1. The summed E-state index contributed by atoms with van der Waals surface area (Å²) in [5.41, 5.74) is 4.55. The Kier molecular flexibility index (Phi) is 7.83. The highest BCUT2D eigenvalue weighted by Crippen LogP contribution is 2.28. The Labute approximate surface area is 171 Å². The highest BCUT2D eigenvalue weighted by Gasteiger charge is 2.10. The molecule has 0 unspecified atom stereocenters. The number of hydrogen-bond acceptors (Lipinski definition) is 5. The molecule has 1 amide bonds. The molecular weight excluding hydrogens is 370 g/mol. The molecular formula is C23H27NO5. The van der Waals surface area contributed by atoms with Crippen molar-refractivity contribution in [2.24, 2.45) is 0 Å². The van der Waals surface area contributed by atoms with Crippen LogP contribution >= 0.6 is 0 Å². The molecule has 1 N–H and O–H groups in total. The Balaban J connectivity index is 1.93. The van der Waals surface area contributed by atoms with E-state index in [2.05, 4.69) is 5.32 Å². The number of rotatable bonds is 8. The zero-order valence-corrected chi connectivity index (χ0v) is 17.5. The van der Waals surface area contributed by atoms with Crippen molar-refractivity contribution >= 4 is 23.6 Å². The van der Waals surface area contributed by atoms with Crippen molar-refractivity contribution in [3.05, 3.63) is 58.7 Å². The number of carbonyl (C=O) groups is 2. The third kappa shape index (κ3) is 6.38. The summed E-state index contributed by atoms with van der Waals surface area (Å²) in [5.74, 6) is 0.217. The van der Waals surface area contributed by atoms with Crippen LogP contribution in [-0.2, 0) is 14.3 Å². The van der Waals surface area contributed by atoms with Crippen molar-refractivity contribution in [2.75, 3.05) is 25.6 Å². The van der Waals surface area contributed by atoms with Gasteiger partial charge >= 0.3 is 5.97 Å². The minimum absolute atomic E-state index is 0.358. The summed E-state index contributed by atoms with van der Waals surface area (Å²) in [6.45, 7) is 7.87. The number of benzene rings is 2. The lowest BCUT2D eigenvalue weighted by molar-refractivity contribution is -0.142. The Morgan fingerprint density at radius 1 is 1.03 bits per heavy atom. The Morgan fingerprint density at radius 3 is 2.34 bits per heavy atom. The second-order valence-electron chi connectivity index (χ2n) is 6.61. The van der Waals surface area contributed by atoms with Crippen LogP contribution in [0.5, 0.6) is 11.5 Å². The minimum Gasteiger partial charge on any atom is -0.493 e. The van der Waals surface area contributed by atoms with Crippen molar-refractivity contribution < 1.29 is 23.8 Å². The number of ether oxygens (including phenoxy) is 3. The van der Waals surface area contributed by atoms with Gasteiger partial charge in [-0.25, -0.2) is 4.79 Å². The van der Waals surface area contributed by atoms with Crippen molar-refractivity contribution in [2.45, 2.75) is 27.7 Å². The van der Waals surface area contributed by atoms with Gasteiger partial charge in [0.15, 0.2) is 18.1 Å². The third-order valence-electron chi connectivity index (χ3n) is 4.19. The fourth-order valence-corrected chi connectivity index (χ4v) is 2.97. The molecule has 0 spiro atoms. The van der Waals surface area contributed by atoms with Gasteiger partial charge in [0.05, 0.1) is 13.7 Å². The van der Waals surface area contributed by atoms with Gasteiger partial charge < -0.3 is 19.5 Å². The molecule has 2 aromatic rings. The van der Waals surface area contributed by atoms with Gasteiger partial charge in [-0.1, -0.05) is 23.8 Å². The predicted molar refractivity (Wildman–Crippen MR) is 113 cm³/mol. The van der Waals surface area contributed by atoms with Crippen LogP contribution in [0.25, 0.3) is 6.08 Å². The first-order valence-electron chi connectivity index (χ1n) is 9.37. The average Bonchev–Trinajstić information content (AvgIpc) is 2.68. The molecule has 0 aliphatic heterocycles. The molecule has 29 heavy (non-hydrogen) atoms. The molecule has 0 aromatic heterocycles. The zero-order chi connectivity index (χ0) is 21.4. The fourth-order valence-electron chi connectivity index (χ4n) is 2.97. The van der Waals surface area contributed by atoms with Gasteiger partial charge in [0.25, 0.3) is 5.91 Å². The number of methoxy groups -OCH3 is 1. The third-order valence-corrected chi connectivity index (χ3v) is 4.19. The Hall–Kier alpha value is -3.28. The maximum absolute atomic E-state index is 12.1. The summed E-state index contributed by atoms with van der Waals surface area (Å²) in [6.07, 6.45) is 2.86. The normalized spacial score (nSPS) is 10.7. The van der Waals surface area contributed by atoms with E-state index in [0.717, 1.165) is 27.9 Å². The van der Waals surface area contributed by atoms with Gasteiger partial charge in [-0.2, -0.15) is 0 Å². The predicted octanol–water partition coefficient (Wildman–Crippen LogP) is 4.21. The van der Waals surface area contributed by atoms with E-state index in [4.69, 9.17) is 14.2 Å². The molecule has 2 rings (SSSR count). The van der Waals surface area contributed by atoms with Crippen LogP contribution in [0, 0.1) is 20.8 Å². The summed E-state index contributed by atoms with van der Waals surface area (Å²) in [7, 11) is 1.56. The van der Waals surface area contributed by atoms with Gasteiger partial charge in [-0.05, 0) is 62.6 Å². The summed E-state index contributed by atoms with van der Waals surface area (Å²) in [4.78, 5) is 24.1. The quantitative estimate of drug-likeness (QED) is 0.533. The van der Waals surface area contributed by atoms with Crippen molar-refractivity contribution in [3.63, 3.8) is 0 Å². The molecule has 0 aliphatic rings. The van der Waals surface area contributed by atoms with Crippen LogP contribution in [-0.4, -0.2) is 32.2 Å². The van der Waals surface area contributed by atoms with Crippen LogP contribution in [0.3, 0.4) is 0 Å². The molecule has 0 heterocycles. The number of nitrogens with one attached hydrogen (secondary N) is 1. The smallest absolute Gasteiger partial charge is 0.331 e. The van der Waals surface area contributed by atoms with Crippen molar-refractivity contribution in [1.29, 1.82) is 0 Å². The number of aryl methyl sites for hydroxylation is 3. The van der Waals surface area contributed by atoms with E-state index >= 15 is 0 Å². The molecule has 0 atom stereocenters. The van der Waals surface area contributed by atoms with E-state index in [-0.39, 0.29) is 12.5 Å². The number of esters is 1. The molecule has 2 aromatic carbocycles. The Morgan fingerprint density at radius 2 is 1.72 bits per heavy atom. The van der Waals surface area contributed by atoms with Gasteiger partial charge in [-0.3, -0.25) is 4.79 Å². The SMILES string of the molecule is CCOc1cc(/C=C/C(=O)OCC(=O)Nc2c(C)cc(C)cc2C)ccc1OC. The van der Waals surface area contributed by atoms with E-state index < -0.39 is 5.97 Å². The van der Waals surface area contributed by atoms with E-state index in [1.807, 2.05) is 39.8 Å². The first-order chi connectivity index (χ1) is 13.8.